The third kappa shape index (κ3) is 2.12. The van der Waals surface area contributed by atoms with Crippen LogP contribution in [0.15, 0.2) is 36.5 Å². The van der Waals surface area contributed by atoms with Gasteiger partial charge in [0.1, 0.15) is 0 Å². The van der Waals surface area contributed by atoms with E-state index in [2.05, 4.69) is 57.8 Å². The van der Waals surface area contributed by atoms with E-state index in [0.717, 1.165) is 18.8 Å². The third-order valence-electron chi connectivity index (χ3n) is 3.71. The SMILES string of the molecule is CCn1nc(C)cc1Cn1ccc2cccc(CN)c21. The molecular formula is C16H20N4. The van der Waals surface area contributed by atoms with Gasteiger partial charge >= 0.3 is 0 Å². The number of nitrogens with zero attached hydrogens (tertiary/aromatic N) is 3. The van der Waals surface area contributed by atoms with Gasteiger partial charge in [0.25, 0.3) is 0 Å². The Morgan fingerprint density at radius 3 is 2.85 bits per heavy atom. The van der Waals surface area contributed by atoms with Gasteiger partial charge in [0.2, 0.25) is 0 Å². The molecule has 2 N–H and O–H groups in total. The molecule has 0 saturated carbocycles. The molecule has 0 radical (unpaired) electrons. The number of rotatable bonds is 4. The van der Waals surface area contributed by atoms with Crippen LogP contribution in [0.5, 0.6) is 0 Å². The van der Waals surface area contributed by atoms with E-state index in [9.17, 15) is 0 Å². The number of benzene rings is 1. The number of aromatic nitrogens is 3. The first-order chi connectivity index (χ1) is 9.72. The Balaban J connectivity index is 2.06. The Morgan fingerprint density at radius 1 is 1.25 bits per heavy atom. The molecule has 0 unspecified atom stereocenters. The zero-order valence-electron chi connectivity index (χ0n) is 12.0. The number of hydrogen-bond donors (Lipinski definition) is 1. The van der Waals surface area contributed by atoms with Gasteiger partial charge in [-0.25, -0.2) is 0 Å². The van der Waals surface area contributed by atoms with Crippen LogP contribution in [0.4, 0.5) is 0 Å². The number of fused-ring (bicyclic) bond motifs is 1. The van der Waals surface area contributed by atoms with Crippen molar-refractivity contribution in [2.75, 3.05) is 0 Å². The number of hydrogen-bond acceptors (Lipinski definition) is 2. The highest BCUT2D eigenvalue weighted by molar-refractivity contribution is 5.83. The Hall–Kier alpha value is -2.07. The van der Waals surface area contributed by atoms with Crippen molar-refractivity contribution in [2.24, 2.45) is 5.73 Å². The maximum atomic E-state index is 5.87. The molecular weight excluding hydrogens is 248 g/mol. The molecule has 2 heterocycles. The van der Waals surface area contributed by atoms with Gasteiger partial charge in [0, 0.05) is 19.3 Å². The second-order valence-electron chi connectivity index (χ2n) is 5.10. The van der Waals surface area contributed by atoms with Crippen molar-refractivity contribution < 1.29 is 0 Å². The van der Waals surface area contributed by atoms with Crippen molar-refractivity contribution in [1.82, 2.24) is 14.3 Å². The van der Waals surface area contributed by atoms with Crippen molar-refractivity contribution in [3.63, 3.8) is 0 Å². The lowest BCUT2D eigenvalue weighted by Gasteiger charge is -2.10. The molecule has 3 rings (SSSR count). The van der Waals surface area contributed by atoms with Crippen LogP contribution in [0.1, 0.15) is 23.9 Å². The van der Waals surface area contributed by atoms with E-state index in [1.807, 2.05) is 6.92 Å². The molecule has 0 amide bonds. The molecule has 0 saturated heterocycles. The van der Waals surface area contributed by atoms with Gasteiger partial charge < -0.3 is 10.3 Å². The van der Waals surface area contributed by atoms with Crippen molar-refractivity contribution >= 4 is 10.9 Å². The lowest BCUT2D eigenvalue weighted by atomic mass is 10.1. The van der Waals surface area contributed by atoms with Crippen LogP contribution in [-0.2, 0) is 19.6 Å². The fourth-order valence-corrected chi connectivity index (χ4v) is 2.81. The largest absolute Gasteiger partial charge is 0.341 e. The molecule has 0 fully saturated rings. The predicted octanol–water partition coefficient (Wildman–Crippen LogP) is 2.67. The smallest absolute Gasteiger partial charge is 0.0645 e. The highest BCUT2D eigenvalue weighted by atomic mass is 15.3. The second kappa shape index (κ2) is 5.13. The van der Waals surface area contributed by atoms with E-state index in [1.165, 1.54) is 22.2 Å². The van der Waals surface area contributed by atoms with E-state index in [4.69, 9.17) is 5.73 Å². The highest BCUT2D eigenvalue weighted by Gasteiger charge is 2.09. The van der Waals surface area contributed by atoms with Gasteiger partial charge in [-0.15, -0.1) is 0 Å². The summed E-state index contributed by atoms with van der Waals surface area (Å²) >= 11 is 0. The standard InChI is InChI=1S/C16H20N4/c1-3-20-15(9-12(2)18-20)11-19-8-7-13-5-4-6-14(10-17)16(13)19/h4-9H,3,10-11,17H2,1-2H3. The summed E-state index contributed by atoms with van der Waals surface area (Å²) in [7, 11) is 0. The van der Waals surface area contributed by atoms with Crippen LogP contribution < -0.4 is 5.73 Å². The molecule has 4 heteroatoms. The topological polar surface area (TPSA) is 48.8 Å². The number of nitrogens with two attached hydrogens (primary N) is 1. The van der Waals surface area contributed by atoms with Crippen LogP contribution in [0, 0.1) is 6.92 Å². The van der Waals surface area contributed by atoms with Gasteiger partial charge in [0.05, 0.1) is 23.4 Å². The summed E-state index contributed by atoms with van der Waals surface area (Å²) in [6.45, 7) is 6.44. The van der Waals surface area contributed by atoms with E-state index in [0.29, 0.717) is 6.54 Å². The Morgan fingerprint density at radius 2 is 2.10 bits per heavy atom. The van der Waals surface area contributed by atoms with Gasteiger partial charge in [-0.1, -0.05) is 18.2 Å². The minimum absolute atomic E-state index is 0.563. The minimum atomic E-state index is 0.563. The molecule has 0 bridgehead atoms. The van der Waals surface area contributed by atoms with Crippen LogP contribution in [0.2, 0.25) is 0 Å². The summed E-state index contributed by atoms with van der Waals surface area (Å²) in [6.07, 6.45) is 2.13. The zero-order chi connectivity index (χ0) is 14.1. The van der Waals surface area contributed by atoms with Crippen LogP contribution in [-0.4, -0.2) is 14.3 Å². The van der Waals surface area contributed by atoms with Gasteiger partial charge in [0.15, 0.2) is 0 Å². The van der Waals surface area contributed by atoms with Crippen molar-refractivity contribution in [1.29, 1.82) is 0 Å². The van der Waals surface area contributed by atoms with E-state index >= 15 is 0 Å². The molecule has 3 aromatic rings. The van der Waals surface area contributed by atoms with Gasteiger partial charge in [-0.05, 0) is 36.9 Å². The molecule has 104 valence electrons. The Bertz CT molecular complexity index is 736. The van der Waals surface area contributed by atoms with Crippen molar-refractivity contribution in [3.8, 4) is 0 Å². The average Bonchev–Trinajstić information content (AvgIpc) is 3.03. The van der Waals surface area contributed by atoms with E-state index in [1.54, 1.807) is 0 Å². The lowest BCUT2D eigenvalue weighted by Crippen LogP contribution is -2.08. The Kier molecular flexibility index (Phi) is 3.32. The summed E-state index contributed by atoms with van der Waals surface area (Å²) in [5.74, 6) is 0. The summed E-state index contributed by atoms with van der Waals surface area (Å²) < 4.78 is 4.33. The summed E-state index contributed by atoms with van der Waals surface area (Å²) in [4.78, 5) is 0. The minimum Gasteiger partial charge on any atom is -0.341 e. The average molecular weight is 268 g/mol. The molecule has 2 aromatic heterocycles. The van der Waals surface area contributed by atoms with Crippen molar-refractivity contribution in [2.45, 2.75) is 33.5 Å². The Labute approximate surface area is 118 Å². The second-order valence-corrected chi connectivity index (χ2v) is 5.10. The van der Waals surface area contributed by atoms with Crippen LogP contribution >= 0.6 is 0 Å². The monoisotopic (exact) mass is 268 g/mol. The van der Waals surface area contributed by atoms with Crippen molar-refractivity contribution in [3.05, 3.63) is 53.5 Å². The van der Waals surface area contributed by atoms with Gasteiger partial charge in [-0.2, -0.15) is 5.10 Å². The molecule has 4 nitrogen and oxygen atoms in total. The molecule has 0 aliphatic rings. The molecule has 0 aliphatic heterocycles. The molecule has 20 heavy (non-hydrogen) atoms. The maximum Gasteiger partial charge on any atom is 0.0645 e. The quantitative estimate of drug-likeness (QED) is 0.791. The first-order valence-electron chi connectivity index (χ1n) is 7.03. The fraction of sp³-hybridized carbons (Fsp3) is 0.312. The summed E-state index contributed by atoms with van der Waals surface area (Å²) in [5.41, 5.74) is 10.6. The molecule has 0 spiro atoms. The van der Waals surface area contributed by atoms with E-state index in [-0.39, 0.29) is 0 Å². The van der Waals surface area contributed by atoms with Crippen LogP contribution in [0.3, 0.4) is 0 Å². The summed E-state index contributed by atoms with van der Waals surface area (Å²) in [6, 6.07) is 10.6. The summed E-state index contributed by atoms with van der Waals surface area (Å²) in [5, 5.41) is 5.75. The maximum absolute atomic E-state index is 5.87. The fourth-order valence-electron chi connectivity index (χ4n) is 2.81. The third-order valence-corrected chi connectivity index (χ3v) is 3.71. The lowest BCUT2D eigenvalue weighted by molar-refractivity contribution is 0.601. The molecule has 0 atom stereocenters. The normalized spacial score (nSPS) is 11.3. The first kappa shape index (κ1) is 12.9. The number of aryl methyl sites for hydroxylation is 2. The number of para-hydroxylation sites is 1. The van der Waals surface area contributed by atoms with E-state index < -0.39 is 0 Å². The van der Waals surface area contributed by atoms with Crippen LogP contribution in [0.25, 0.3) is 10.9 Å². The highest BCUT2D eigenvalue weighted by Crippen LogP contribution is 2.21. The first-order valence-corrected chi connectivity index (χ1v) is 7.03. The molecule has 0 aliphatic carbocycles. The zero-order valence-corrected chi connectivity index (χ0v) is 12.0. The predicted molar refractivity (Wildman–Crippen MR) is 81.6 cm³/mol. The molecule has 1 aromatic carbocycles. The van der Waals surface area contributed by atoms with Gasteiger partial charge in [-0.3, -0.25) is 4.68 Å².